The predicted molar refractivity (Wildman–Crippen MR) is 16.5 cm³/mol. The van der Waals surface area contributed by atoms with Crippen LogP contribution in [0.5, 0.6) is 0 Å². The number of hydrogen-bond donors (Lipinski definition) is 0. The molecule has 0 aliphatic carbocycles. The average molecular weight is 131 g/mol. The van der Waals surface area contributed by atoms with Crippen molar-refractivity contribution in [1.29, 1.82) is 0 Å². The lowest BCUT2D eigenvalue weighted by Crippen LogP contribution is -2.29. The molecule has 0 aromatic rings. The first kappa shape index (κ1) is 7.68. The second-order valence-electron chi connectivity index (χ2n) is 1.21. The molecule has 5 heteroatoms. The van der Waals surface area contributed by atoms with E-state index < -0.39 is 19.0 Å². The lowest BCUT2D eigenvalue weighted by atomic mass is 10.4. The van der Waals surface area contributed by atoms with Gasteiger partial charge in [-0.1, -0.05) is 0 Å². The second-order valence-corrected chi connectivity index (χ2v) is 1.21. The summed E-state index contributed by atoms with van der Waals surface area (Å²) < 4.78 is 44.2. The zero-order valence-electron chi connectivity index (χ0n) is 3.70. The Bertz CT molecular complexity index is 71.7. The van der Waals surface area contributed by atoms with Gasteiger partial charge in [-0.25, -0.2) is 13.9 Å². The van der Waals surface area contributed by atoms with Gasteiger partial charge in [0.2, 0.25) is 0 Å². The molecule has 0 heterocycles. The van der Waals surface area contributed by atoms with Crippen molar-refractivity contribution in [2.75, 3.05) is 6.61 Å². The van der Waals surface area contributed by atoms with Crippen molar-refractivity contribution >= 4 is 0 Å². The molecule has 0 atom stereocenters. The van der Waals surface area contributed by atoms with Crippen molar-refractivity contribution in [2.45, 2.75) is 12.3 Å². The molecule has 0 unspecified atom stereocenters. The van der Waals surface area contributed by atoms with Gasteiger partial charge in [-0.05, 0) is 0 Å². The SMILES string of the molecule is [O]CC(F)(F)C(F)F. The molecular formula is C3H3F4O. The molecule has 0 aliphatic heterocycles. The van der Waals surface area contributed by atoms with Crippen LogP contribution in [0.1, 0.15) is 0 Å². The lowest BCUT2D eigenvalue weighted by molar-refractivity contribution is -0.165. The van der Waals surface area contributed by atoms with Gasteiger partial charge >= 0.3 is 12.3 Å². The topological polar surface area (TPSA) is 19.9 Å². The Labute approximate surface area is 42.9 Å². The van der Waals surface area contributed by atoms with Gasteiger partial charge < -0.3 is 0 Å². The smallest absolute Gasteiger partial charge is 0.230 e. The average Bonchev–Trinajstić information content (AvgIpc) is 1.67. The normalized spacial score (nSPS) is 12.8. The lowest BCUT2D eigenvalue weighted by Gasteiger charge is -2.08. The molecule has 0 aromatic carbocycles. The van der Waals surface area contributed by atoms with E-state index in [2.05, 4.69) is 0 Å². The third kappa shape index (κ3) is 1.65. The van der Waals surface area contributed by atoms with Crippen LogP contribution in [0.3, 0.4) is 0 Å². The van der Waals surface area contributed by atoms with Gasteiger partial charge in [0.1, 0.15) is 0 Å². The fraction of sp³-hybridized carbons (Fsp3) is 1.00. The highest BCUT2D eigenvalue weighted by atomic mass is 19.3. The first-order valence-corrected chi connectivity index (χ1v) is 1.75. The van der Waals surface area contributed by atoms with Gasteiger partial charge in [0.25, 0.3) is 0 Å². The van der Waals surface area contributed by atoms with E-state index in [4.69, 9.17) is 5.11 Å². The monoisotopic (exact) mass is 131 g/mol. The Kier molecular flexibility index (Phi) is 2.21. The van der Waals surface area contributed by atoms with Gasteiger partial charge in [0, 0.05) is 0 Å². The minimum Gasteiger partial charge on any atom is -0.230 e. The van der Waals surface area contributed by atoms with E-state index in [-0.39, 0.29) is 0 Å². The van der Waals surface area contributed by atoms with Crippen LogP contribution in [0.4, 0.5) is 17.6 Å². The number of hydrogen-bond acceptors (Lipinski definition) is 0. The van der Waals surface area contributed by atoms with Crippen LogP contribution in [-0.2, 0) is 5.11 Å². The summed E-state index contributed by atoms with van der Waals surface area (Å²) in [7, 11) is 0. The number of halogens is 4. The molecule has 0 fully saturated rings. The summed E-state index contributed by atoms with van der Waals surface area (Å²) in [6.45, 7) is -2.05. The Morgan fingerprint density at radius 2 is 1.75 bits per heavy atom. The van der Waals surface area contributed by atoms with Crippen molar-refractivity contribution in [1.82, 2.24) is 0 Å². The minimum atomic E-state index is -4.35. The molecule has 0 saturated heterocycles. The van der Waals surface area contributed by atoms with E-state index in [0.29, 0.717) is 0 Å². The maximum atomic E-state index is 11.2. The van der Waals surface area contributed by atoms with Gasteiger partial charge in [-0.2, -0.15) is 8.78 Å². The Morgan fingerprint density at radius 3 is 1.75 bits per heavy atom. The highest BCUT2D eigenvalue weighted by molar-refractivity contribution is 4.65. The van der Waals surface area contributed by atoms with Crippen LogP contribution in [0, 0.1) is 0 Å². The summed E-state index contributed by atoms with van der Waals surface area (Å²) >= 11 is 0. The van der Waals surface area contributed by atoms with Crippen molar-refractivity contribution < 1.29 is 22.7 Å². The molecule has 49 valence electrons. The fourth-order valence-corrected chi connectivity index (χ4v) is 0.0630. The predicted octanol–water partition coefficient (Wildman–Crippen LogP) is 1.32. The maximum Gasteiger partial charge on any atom is 0.333 e. The van der Waals surface area contributed by atoms with Crippen LogP contribution in [0.15, 0.2) is 0 Å². The second kappa shape index (κ2) is 2.30. The van der Waals surface area contributed by atoms with Gasteiger partial charge in [-0.3, -0.25) is 0 Å². The highest BCUT2D eigenvalue weighted by Gasteiger charge is 2.40. The van der Waals surface area contributed by atoms with Gasteiger partial charge in [0.05, 0.1) is 0 Å². The first-order valence-electron chi connectivity index (χ1n) is 1.75. The Hall–Kier alpha value is -0.320. The quantitative estimate of drug-likeness (QED) is 0.503. The Balaban J connectivity index is 3.71. The van der Waals surface area contributed by atoms with Crippen LogP contribution in [-0.4, -0.2) is 19.0 Å². The summed E-state index contributed by atoms with van der Waals surface area (Å²) in [5, 5.41) is 9.16. The van der Waals surface area contributed by atoms with E-state index >= 15 is 0 Å². The van der Waals surface area contributed by atoms with Gasteiger partial charge in [0.15, 0.2) is 6.61 Å². The molecule has 0 N–H and O–H groups in total. The number of rotatable bonds is 2. The Morgan fingerprint density at radius 1 is 1.38 bits per heavy atom. The van der Waals surface area contributed by atoms with Crippen LogP contribution in [0.25, 0.3) is 0 Å². The summed E-state index contributed by atoms with van der Waals surface area (Å²) in [6, 6.07) is 0. The highest BCUT2D eigenvalue weighted by Crippen LogP contribution is 2.21. The van der Waals surface area contributed by atoms with E-state index in [1.807, 2.05) is 0 Å². The van der Waals surface area contributed by atoms with E-state index in [1.54, 1.807) is 0 Å². The molecular weight excluding hydrogens is 128 g/mol. The summed E-state index contributed by atoms with van der Waals surface area (Å²) in [5.41, 5.74) is 0. The largest absolute Gasteiger partial charge is 0.333 e. The van der Waals surface area contributed by atoms with Gasteiger partial charge in [-0.15, -0.1) is 0 Å². The summed E-state index contributed by atoms with van der Waals surface area (Å²) in [6.07, 6.45) is -3.83. The maximum absolute atomic E-state index is 11.2. The molecule has 1 radical (unpaired) electrons. The standard InChI is InChI=1S/C3H3F4O/c4-2(5)3(6,7)1-8/h2H,1H2. The summed E-state index contributed by atoms with van der Waals surface area (Å²) in [4.78, 5) is 0. The van der Waals surface area contributed by atoms with Crippen molar-refractivity contribution in [3.63, 3.8) is 0 Å². The van der Waals surface area contributed by atoms with Crippen LogP contribution >= 0.6 is 0 Å². The minimum absolute atomic E-state index is 2.05. The van der Waals surface area contributed by atoms with E-state index in [1.165, 1.54) is 0 Å². The van der Waals surface area contributed by atoms with Crippen LogP contribution in [0.2, 0.25) is 0 Å². The molecule has 0 amide bonds. The first-order chi connectivity index (χ1) is 3.50. The fourth-order valence-electron chi connectivity index (χ4n) is 0.0630. The molecule has 0 saturated carbocycles. The zero-order valence-corrected chi connectivity index (χ0v) is 3.70. The summed E-state index contributed by atoms with van der Waals surface area (Å²) in [5.74, 6) is -4.35. The molecule has 1 nitrogen and oxygen atoms in total. The molecule has 0 aromatic heterocycles. The molecule has 0 bridgehead atoms. The van der Waals surface area contributed by atoms with E-state index in [0.717, 1.165) is 0 Å². The van der Waals surface area contributed by atoms with Crippen molar-refractivity contribution in [3.05, 3.63) is 0 Å². The van der Waals surface area contributed by atoms with Crippen molar-refractivity contribution in [3.8, 4) is 0 Å². The van der Waals surface area contributed by atoms with E-state index in [9.17, 15) is 17.6 Å². The van der Waals surface area contributed by atoms with Crippen LogP contribution < -0.4 is 0 Å². The molecule has 0 rings (SSSR count). The molecule has 8 heavy (non-hydrogen) atoms. The third-order valence-corrected chi connectivity index (χ3v) is 0.512. The zero-order chi connectivity index (χ0) is 6.78. The molecule has 0 aliphatic rings. The number of alkyl halides is 4. The third-order valence-electron chi connectivity index (χ3n) is 0.512. The van der Waals surface area contributed by atoms with Crippen molar-refractivity contribution in [2.24, 2.45) is 0 Å². The molecule has 0 spiro atoms.